The van der Waals surface area contributed by atoms with Crippen LogP contribution in [-0.2, 0) is 11.3 Å². The Bertz CT molecular complexity index is 1400. The Labute approximate surface area is 205 Å². The average Bonchev–Trinajstić information content (AvgIpc) is 3.47. The molecule has 8 heteroatoms. The van der Waals surface area contributed by atoms with E-state index in [1.54, 1.807) is 34.6 Å². The fourth-order valence-corrected chi connectivity index (χ4v) is 5.48. The number of carbonyl (C=O) groups is 2. The maximum atomic E-state index is 12.2. The van der Waals surface area contributed by atoms with Gasteiger partial charge >= 0.3 is 5.97 Å². The number of aromatic nitrogens is 1. The van der Waals surface area contributed by atoms with E-state index in [1.807, 2.05) is 37.5 Å². The molecule has 0 radical (unpaired) electrons. The molecule has 2 aromatic carbocycles. The fourth-order valence-electron chi connectivity index (χ4n) is 3.82. The van der Waals surface area contributed by atoms with Crippen LogP contribution in [0.1, 0.15) is 26.3 Å². The number of thiophene rings is 1. The smallest absolute Gasteiger partial charge is 0.337 e. The molecule has 0 saturated heterocycles. The van der Waals surface area contributed by atoms with Crippen LogP contribution in [0.2, 0.25) is 0 Å². The lowest BCUT2D eigenvalue weighted by molar-refractivity contribution is 0.0600. The van der Waals surface area contributed by atoms with Crippen LogP contribution in [0.4, 0.5) is 5.69 Å². The van der Waals surface area contributed by atoms with Gasteiger partial charge in [-0.3, -0.25) is 9.78 Å². The summed E-state index contributed by atoms with van der Waals surface area (Å²) in [5.41, 5.74) is 5.36. The van der Waals surface area contributed by atoms with Gasteiger partial charge in [0, 0.05) is 45.6 Å². The van der Waals surface area contributed by atoms with Crippen LogP contribution in [-0.4, -0.2) is 35.9 Å². The van der Waals surface area contributed by atoms with E-state index in [0.29, 0.717) is 12.1 Å². The van der Waals surface area contributed by atoms with Gasteiger partial charge in [-0.15, -0.1) is 11.3 Å². The van der Waals surface area contributed by atoms with Gasteiger partial charge in [0.15, 0.2) is 0 Å². The zero-order chi connectivity index (χ0) is 23.7. The van der Waals surface area contributed by atoms with Crippen LogP contribution in [0.25, 0.3) is 20.9 Å². The van der Waals surface area contributed by atoms with Crippen molar-refractivity contribution >= 4 is 40.8 Å². The number of methoxy groups -OCH3 is 1. The summed E-state index contributed by atoms with van der Waals surface area (Å²) in [6.07, 6.45) is 3.61. The topological polar surface area (TPSA) is 71.5 Å². The molecule has 0 fully saturated rings. The normalized spacial score (nSPS) is 12.5. The van der Waals surface area contributed by atoms with E-state index >= 15 is 0 Å². The summed E-state index contributed by atoms with van der Waals surface area (Å²) in [7, 11) is 3.20. The Morgan fingerprint density at radius 2 is 1.88 bits per heavy atom. The van der Waals surface area contributed by atoms with Crippen molar-refractivity contribution in [1.29, 1.82) is 0 Å². The maximum absolute atomic E-state index is 12.2. The molecule has 1 N–H and O–H groups in total. The Morgan fingerprint density at radius 1 is 1.06 bits per heavy atom. The molecule has 34 heavy (non-hydrogen) atoms. The number of ether oxygens (including phenoxy) is 1. The van der Waals surface area contributed by atoms with Crippen molar-refractivity contribution in [3.63, 3.8) is 0 Å². The highest BCUT2D eigenvalue weighted by atomic mass is 32.2. The minimum atomic E-state index is -0.360. The molecule has 5 rings (SSSR count). The minimum absolute atomic E-state index is 0.0821. The van der Waals surface area contributed by atoms with E-state index < -0.39 is 0 Å². The summed E-state index contributed by atoms with van der Waals surface area (Å²) in [4.78, 5) is 33.2. The zero-order valence-electron chi connectivity index (χ0n) is 18.6. The Hall–Kier alpha value is -3.62. The number of hydrogen-bond acceptors (Lipinski definition) is 7. The number of rotatable bonds is 6. The molecular formula is C26H21N3O3S2. The first kappa shape index (κ1) is 22.2. The molecule has 0 atom stereocenters. The Kier molecular flexibility index (Phi) is 6.08. The molecule has 170 valence electrons. The number of amides is 1. The molecule has 0 spiro atoms. The van der Waals surface area contributed by atoms with Crippen molar-refractivity contribution in [3.05, 3.63) is 89.7 Å². The van der Waals surface area contributed by atoms with Crippen molar-refractivity contribution in [1.82, 2.24) is 9.88 Å². The third-order valence-electron chi connectivity index (χ3n) is 5.55. The predicted molar refractivity (Wildman–Crippen MR) is 136 cm³/mol. The molecule has 4 aromatic rings. The van der Waals surface area contributed by atoms with Gasteiger partial charge < -0.3 is 14.4 Å². The van der Waals surface area contributed by atoms with Crippen molar-refractivity contribution in [2.75, 3.05) is 18.9 Å². The number of nitrogens with zero attached hydrogens (tertiary/aromatic N) is 2. The molecule has 1 amide bonds. The maximum Gasteiger partial charge on any atom is 0.337 e. The van der Waals surface area contributed by atoms with E-state index in [9.17, 15) is 9.59 Å². The monoisotopic (exact) mass is 487 g/mol. The second-order valence-corrected chi connectivity index (χ2v) is 9.85. The molecule has 0 bridgehead atoms. The first-order valence-electron chi connectivity index (χ1n) is 10.6. The van der Waals surface area contributed by atoms with Crippen LogP contribution in [0.15, 0.2) is 78.0 Å². The van der Waals surface area contributed by atoms with Crippen LogP contribution in [0, 0.1) is 0 Å². The first-order valence-corrected chi connectivity index (χ1v) is 12.2. The minimum Gasteiger partial charge on any atom is -0.465 e. The van der Waals surface area contributed by atoms with Gasteiger partial charge in [0.25, 0.3) is 5.91 Å². The second kappa shape index (κ2) is 9.32. The fraction of sp³-hybridized carbons (Fsp3) is 0.115. The molecule has 2 aromatic heterocycles. The van der Waals surface area contributed by atoms with Gasteiger partial charge in [0.2, 0.25) is 0 Å². The Morgan fingerprint density at radius 3 is 2.71 bits per heavy atom. The molecule has 3 heterocycles. The summed E-state index contributed by atoms with van der Waals surface area (Å²) in [5, 5.41) is 0. The molecule has 1 aliphatic heterocycles. The van der Waals surface area contributed by atoms with E-state index in [1.165, 1.54) is 19.1 Å². The number of pyridine rings is 1. The molecule has 0 aliphatic carbocycles. The summed E-state index contributed by atoms with van der Waals surface area (Å²) in [6.45, 7) is 0.651. The number of benzene rings is 2. The summed E-state index contributed by atoms with van der Waals surface area (Å²) in [6, 6.07) is 19.6. The van der Waals surface area contributed by atoms with E-state index in [2.05, 4.69) is 34.0 Å². The number of anilines is 1. The third-order valence-corrected chi connectivity index (χ3v) is 7.56. The number of carbonyl (C=O) groups excluding carboxylic acids is 2. The Balaban J connectivity index is 1.32. The van der Waals surface area contributed by atoms with E-state index in [0.717, 1.165) is 42.6 Å². The lowest BCUT2D eigenvalue weighted by atomic mass is 10.1. The number of fused-ring (bicyclic) bond motifs is 1. The van der Waals surface area contributed by atoms with Gasteiger partial charge in [0.1, 0.15) is 0 Å². The van der Waals surface area contributed by atoms with Crippen LogP contribution >= 0.6 is 23.3 Å². The third kappa shape index (κ3) is 4.42. The molecule has 6 nitrogen and oxygen atoms in total. The highest BCUT2D eigenvalue weighted by Crippen LogP contribution is 2.37. The quantitative estimate of drug-likeness (QED) is 0.267. The van der Waals surface area contributed by atoms with Crippen molar-refractivity contribution in [2.45, 2.75) is 11.4 Å². The van der Waals surface area contributed by atoms with Gasteiger partial charge in [-0.25, -0.2) is 4.79 Å². The summed E-state index contributed by atoms with van der Waals surface area (Å²) >= 11 is 3.10. The van der Waals surface area contributed by atoms with Crippen LogP contribution < -0.4 is 4.72 Å². The van der Waals surface area contributed by atoms with Crippen molar-refractivity contribution in [3.8, 4) is 20.9 Å². The summed E-state index contributed by atoms with van der Waals surface area (Å²) < 4.78 is 8.09. The molecule has 0 unspecified atom stereocenters. The largest absolute Gasteiger partial charge is 0.465 e. The van der Waals surface area contributed by atoms with E-state index in [4.69, 9.17) is 4.74 Å². The molecular weight excluding hydrogens is 466 g/mol. The van der Waals surface area contributed by atoms with E-state index in [-0.39, 0.29) is 11.9 Å². The second-order valence-electron chi connectivity index (χ2n) is 7.88. The number of nitrogens with one attached hydrogen (secondary N) is 1. The van der Waals surface area contributed by atoms with Crippen molar-refractivity contribution in [2.24, 2.45) is 0 Å². The molecule has 1 aliphatic rings. The van der Waals surface area contributed by atoms with Crippen molar-refractivity contribution < 1.29 is 14.3 Å². The average molecular weight is 488 g/mol. The first-order chi connectivity index (χ1) is 16.5. The summed E-state index contributed by atoms with van der Waals surface area (Å²) in [5.74, 6) is -0.277. The van der Waals surface area contributed by atoms with Gasteiger partial charge in [-0.2, -0.15) is 0 Å². The van der Waals surface area contributed by atoms with Gasteiger partial charge in [-0.1, -0.05) is 12.1 Å². The number of esters is 1. The van der Waals surface area contributed by atoms with Gasteiger partial charge in [0.05, 0.1) is 24.6 Å². The van der Waals surface area contributed by atoms with Crippen LogP contribution in [0.5, 0.6) is 0 Å². The van der Waals surface area contributed by atoms with Gasteiger partial charge in [-0.05, 0) is 71.6 Å². The SMILES string of the molecule is COC(=O)c1cccc(SNc2cncc(-c3ccc(-c4ccc5c(c4)CN(C)C5=O)s3)c2)c1. The highest BCUT2D eigenvalue weighted by molar-refractivity contribution is 8.00. The predicted octanol–water partition coefficient (Wildman–Crippen LogP) is 5.97. The van der Waals surface area contributed by atoms with Crippen LogP contribution in [0.3, 0.4) is 0 Å². The standard InChI is InChI=1S/C26H21N3O3S2/c1-29-15-19-10-16(6-7-22(19)25(29)30)23-8-9-24(33-23)18-11-20(14-27-13-18)28-34-21-5-3-4-17(12-21)26(31)32-2/h3-14,28H,15H2,1-2H3. The molecule has 0 saturated carbocycles. The highest BCUT2D eigenvalue weighted by Gasteiger charge is 2.24. The zero-order valence-corrected chi connectivity index (χ0v) is 20.2. The number of hydrogen-bond donors (Lipinski definition) is 1. The lowest BCUT2D eigenvalue weighted by Gasteiger charge is -2.07. The lowest BCUT2D eigenvalue weighted by Crippen LogP contribution is -2.17.